The number of halogens is 2. The van der Waals surface area contributed by atoms with Crippen LogP contribution in [-0.4, -0.2) is 18.3 Å². The number of hydrogen-bond acceptors (Lipinski definition) is 8. The summed E-state index contributed by atoms with van der Waals surface area (Å²) in [5, 5.41) is 26.5. The Balaban J connectivity index is 2.09. The first-order valence-corrected chi connectivity index (χ1v) is 11.5. The quantitative estimate of drug-likeness (QED) is 0.248. The number of hydrogen-bond donors (Lipinski definition) is 0. The van der Waals surface area contributed by atoms with Crippen LogP contribution in [0.15, 0.2) is 67.8 Å². The molecule has 0 saturated carbocycles. The minimum absolute atomic E-state index is 0.189. The lowest BCUT2D eigenvalue weighted by Crippen LogP contribution is -1.91. The molecule has 0 fully saturated rings. The molecule has 0 amide bonds. The molecular formula is C16H10Cl2N2O6S3. The van der Waals surface area contributed by atoms with Gasteiger partial charge in [0.05, 0.1) is 19.6 Å². The Morgan fingerprint density at radius 2 is 1.17 bits per heavy atom. The van der Waals surface area contributed by atoms with Crippen molar-refractivity contribution in [3.05, 3.63) is 88.3 Å². The Morgan fingerprint density at radius 3 is 1.52 bits per heavy atom. The van der Waals surface area contributed by atoms with Gasteiger partial charge in [0.25, 0.3) is 11.4 Å². The average Bonchev–Trinajstić information content (AvgIpc) is 2.63. The van der Waals surface area contributed by atoms with Gasteiger partial charge in [-0.1, -0.05) is 46.7 Å². The molecule has 29 heavy (non-hydrogen) atoms. The van der Waals surface area contributed by atoms with Gasteiger partial charge in [-0.2, -0.15) is 0 Å². The molecule has 0 saturated heterocycles. The van der Waals surface area contributed by atoms with Crippen LogP contribution in [0.4, 0.5) is 11.4 Å². The fourth-order valence-corrected chi connectivity index (χ4v) is 5.07. The maximum absolute atomic E-state index is 12.0. The van der Waals surface area contributed by atoms with Crippen LogP contribution in [0.5, 0.6) is 0 Å². The molecule has 2 rings (SSSR count). The third-order valence-electron chi connectivity index (χ3n) is 3.12. The van der Waals surface area contributed by atoms with Crippen molar-refractivity contribution >= 4 is 67.9 Å². The van der Waals surface area contributed by atoms with Crippen LogP contribution in [0, 0.1) is 20.2 Å². The Kier molecular flexibility index (Phi) is 8.11. The molecule has 0 aromatic heterocycles. The van der Waals surface area contributed by atoms with Gasteiger partial charge in [-0.3, -0.25) is 20.2 Å². The van der Waals surface area contributed by atoms with Crippen molar-refractivity contribution in [2.75, 3.05) is 0 Å². The lowest BCUT2D eigenvalue weighted by molar-refractivity contribution is -0.387. The van der Waals surface area contributed by atoms with Crippen molar-refractivity contribution < 1.29 is 18.3 Å². The molecule has 0 aliphatic rings. The summed E-state index contributed by atoms with van der Waals surface area (Å²) >= 11 is 13.1. The minimum Gasteiger partial charge on any atom is -0.258 e. The van der Waals surface area contributed by atoms with Crippen molar-refractivity contribution in [3.63, 3.8) is 0 Å². The molecule has 0 unspecified atom stereocenters. The zero-order chi connectivity index (χ0) is 21.6. The van der Waals surface area contributed by atoms with E-state index in [1.807, 2.05) is 0 Å². The van der Waals surface area contributed by atoms with Gasteiger partial charge in [-0.05, 0) is 35.1 Å². The fourth-order valence-electron chi connectivity index (χ4n) is 1.87. The molecule has 8 nitrogen and oxygen atoms in total. The highest BCUT2D eigenvalue weighted by molar-refractivity contribution is 8.05. The summed E-state index contributed by atoms with van der Waals surface area (Å²) in [5.74, 6) is 0. The average molecular weight is 493 g/mol. The number of nitrogens with zero attached hydrogens (tertiary/aromatic N) is 2. The number of nitro benzene ring substituents is 2. The molecule has 0 aliphatic carbocycles. The predicted molar refractivity (Wildman–Crippen MR) is 115 cm³/mol. The van der Waals surface area contributed by atoms with Crippen molar-refractivity contribution in [2.24, 2.45) is 0 Å². The van der Waals surface area contributed by atoms with E-state index in [9.17, 15) is 28.6 Å². The zero-order valence-corrected chi connectivity index (χ0v) is 18.1. The SMILES string of the molecule is O=[N+]([O-])c1cc(Cl)ccc1SC=CS(=O)(=O)C=CSc1ccc(Cl)cc1[N+](=O)[O-]. The lowest BCUT2D eigenvalue weighted by atomic mass is 10.3. The third-order valence-corrected chi connectivity index (χ3v) is 6.70. The Hall–Kier alpha value is -2.05. The third kappa shape index (κ3) is 7.05. The number of nitro groups is 2. The van der Waals surface area contributed by atoms with E-state index in [-0.39, 0.29) is 31.2 Å². The van der Waals surface area contributed by atoms with Gasteiger partial charge in [-0.15, -0.1) is 0 Å². The lowest BCUT2D eigenvalue weighted by Gasteiger charge is -2.00. The Bertz CT molecular complexity index is 1040. The first kappa shape index (κ1) is 23.2. The molecule has 152 valence electrons. The Morgan fingerprint density at radius 1 is 0.793 bits per heavy atom. The first-order chi connectivity index (χ1) is 13.6. The largest absolute Gasteiger partial charge is 0.284 e. The minimum atomic E-state index is -3.80. The smallest absolute Gasteiger partial charge is 0.258 e. The fraction of sp³-hybridized carbons (Fsp3) is 0. The van der Waals surface area contributed by atoms with Crippen molar-refractivity contribution in [1.82, 2.24) is 0 Å². The molecule has 0 bridgehead atoms. The van der Waals surface area contributed by atoms with Crippen molar-refractivity contribution in [2.45, 2.75) is 9.79 Å². The summed E-state index contributed by atoms with van der Waals surface area (Å²) in [6.07, 6.45) is 0. The van der Waals surface area contributed by atoms with Gasteiger partial charge < -0.3 is 0 Å². The molecule has 2 aromatic carbocycles. The maximum Gasteiger partial charge on any atom is 0.284 e. The van der Waals surface area contributed by atoms with Gasteiger partial charge in [-0.25, -0.2) is 8.42 Å². The molecule has 0 radical (unpaired) electrons. The van der Waals surface area contributed by atoms with Crippen molar-refractivity contribution in [3.8, 4) is 0 Å². The van der Waals surface area contributed by atoms with E-state index in [1.54, 1.807) is 0 Å². The van der Waals surface area contributed by atoms with E-state index in [1.165, 1.54) is 47.2 Å². The Labute approximate surface area is 183 Å². The highest BCUT2D eigenvalue weighted by Gasteiger charge is 2.15. The second-order valence-electron chi connectivity index (χ2n) is 5.11. The zero-order valence-electron chi connectivity index (χ0n) is 14.1. The first-order valence-electron chi connectivity index (χ1n) is 7.38. The van der Waals surface area contributed by atoms with Gasteiger partial charge in [0, 0.05) is 33.0 Å². The summed E-state index contributed by atoms with van der Waals surface area (Å²) in [7, 11) is -3.80. The standard InChI is InChI=1S/C16H10Cl2N2O6S3/c17-11-1-3-15(13(9-11)19(21)22)27-5-7-29(25,26)8-6-28-16-4-2-12(18)10-14(16)20(23)24/h1-10H. The molecule has 0 aliphatic heterocycles. The van der Waals surface area contributed by atoms with Crippen LogP contribution in [0.2, 0.25) is 10.0 Å². The van der Waals surface area contributed by atoms with Gasteiger partial charge in [0.15, 0.2) is 9.84 Å². The maximum atomic E-state index is 12.0. The van der Waals surface area contributed by atoms with E-state index in [0.29, 0.717) is 0 Å². The van der Waals surface area contributed by atoms with E-state index < -0.39 is 19.7 Å². The van der Waals surface area contributed by atoms with Gasteiger partial charge in [0.2, 0.25) is 0 Å². The normalized spacial score (nSPS) is 11.9. The summed E-state index contributed by atoms with van der Waals surface area (Å²) in [6.45, 7) is 0. The molecule has 0 atom stereocenters. The van der Waals surface area contributed by atoms with Crippen molar-refractivity contribution in [1.29, 1.82) is 0 Å². The monoisotopic (exact) mass is 492 g/mol. The number of sulfone groups is 1. The molecule has 2 aromatic rings. The van der Waals surface area contributed by atoms with Crippen LogP contribution in [0.1, 0.15) is 0 Å². The number of thioether (sulfide) groups is 2. The van der Waals surface area contributed by atoms with Crippen LogP contribution >= 0.6 is 46.7 Å². The highest BCUT2D eigenvalue weighted by Crippen LogP contribution is 2.33. The summed E-state index contributed by atoms with van der Waals surface area (Å²) in [6, 6.07) is 8.06. The van der Waals surface area contributed by atoms with Gasteiger partial charge >= 0.3 is 0 Å². The van der Waals surface area contributed by atoms with Crippen LogP contribution in [0.25, 0.3) is 0 Å². The summed E-state index contributed by atoms with van der Waals surface area (Å²) < 4.78 is 24.1. The molecular weight excluding hydrogens is 483 g/mol. The predicted octanol–water partition coefficient (Wildman–Crippen LogP) is 6.05. The number of rotatable bonds is 8. The number of benzene rings is 2. The van der Waals surface area contributed by atoms with Gasteiger partial charge in [0.1, 0.15) is 0 Å². The second kappa shape index (κ2) is 10.1. The summed E-state index contributed by atoms with van der Waals surface area (Å²) in [5.41, 5.74) is -0.489. The second-order valence-corrected chi connectivity index (χ2v) is 9.60. The summed E-state index contributed by atoms with van der Waals surface area (Å²) in [4.78, 5) is 21.3. The molecule has 13 heteroatoms. The van der Waals surface area contributed by atoms with E-state index >= 15 is 0 Å². The van der Waals surface area contributed by atoms with E-state index in [2.05, 4.69) is 0 Å². The van der Waals surface area contributed by atoms with Crippen LogP contribution in [-0.2, 0) is 9.84 Å². The van der Waals surface area contributed by atoms with Crippen LogP contribution < -0.4 is 0 Å². The van der Waals surface area contributed by atoms with Crippen LogP contribution in [0.3, 0.4) is 0 Å². The molecule has 0 heterocycles. The van der Waals surface area contributed by atoms with E-state index in [0.717, 1.165) is 34.3 Å². The van der Waals surface area contributed by atoms with E-state index in [4.69, 9.17) is 23.2 Å². The topological polar surface area (TPSA) is 120 Å². The molecule has 0 spiro atoms. The molecule has 0 N–H and O–H groups in total. The highest BCUT2D eigenvalue weighted by atomic mass is 35.5.